The minimum atomic E-state index is -0.880. The van der Waals surface area contributed by atoms with Gasteiger partial charge in [-0.25, -0.2) is 13.8 Å². The molecule has 0 fully saturated rings. The SMILES string of the molecule is NC(=S)c1cccnc1NCc1ccc(F)c(F)c1. The summed E-state index contributed by atoms with van der Waals surface area (Å²) in [6.07, 6.45) is 1.59. The summed E-state index contributed by atoms with van der Waals surface area (Å²) in [5.41, 5.74) is 6.78. The van der Waals surface area contributed by atoms with Crippen molar-refractivity contribution in [3.8, 4) is 0 Å². The Balaban J connectivity index is 2.14. The van der Waals surface area contributed by atoms with E-state index in [0.717, 1.165) is 12.1 Å². The summed E-state index contributed by atoms with van der Waals surface area (Å²) in [5, 5.41) is 2.99. The van der Waals surface area contributed by atoms with Crippen LogP contribution < -0.4 is 11.1 Å². The Kier molecular flexibility index (Phi) is 4.01. The Morgan fingerprint density at radius 3 is 2.74 bits per heavy atom. The van der Waals surface area contributed by atoms with Gasteiger partial charge in [-0.15, -0.1) is 0 Å². The summed E-state index contributed by atoms with van der Waals surface area (Å²) in [6, 6.07) is 7.17. The lowest BCUT2D eigenvalue weighted by Crippen LogP contribution is -2.14. The van der Waals surface area contributed by atoms with Crippen LogP contribution in [0.15, 0.2) is 36.5 Å². The number of anilines is 1. The second-order valence-electron chi connectivity index (χ2n) is 3.87. The van der Waals surface area contributed by atoms with Gasteiger partial charge in [-0.05, 0) is 29.8 Å². The molecule has 0 aliphatic heterocycles. The van der Waals surface area contributed by atoms with Crippen LogP contribution in [0, 0.1) is 11.6 Å². The summed E-state index contributed by atoms with van der Waals surface area (Å²) >= 11 is 4.91. The van der Waals surface area contributed by atoms with Crippen LogP contribution >= 0.6 is 12.2 Å². The maximum Gasteiger partial charge on any atom is 0.159 e. The number of pyridine rings is 1. The first-order valence-corrected chi connectivity index (χ1v) is 5.91. The standard InChI is InChI=1S/C13H11F2N3S/c14-10-4-3-8(6-11(10)15)7-18-13-9(12(16)19)2-1-5-17-13/h1-6H,7H2,(H2,16,19)(H,17,18). The Hall–Kier alpha value is -2.08. The van der Waals surface area contributed by atoms with E-state index in [1.807, 2.05) is 0 Å². The van der Waals surface area contributed by atoms with Crippen LogP contribution in [0.2, 0.25) is 0 Å². The van der Waals surface area contributed by atoms with E-state index in [-0.39, 0.29) is 4.99 Å². The quantitative estimate of drug-likeness (QED) is 0.845. The number of hydrogen-bond donors (Lipinski definition) is 2. The Labute approximate surface area is 114 Å². The molecule has 1 aromatic carbocycles. The van der Waals surface area contributed by atoms with Crippen molar-refractivity contribution in [1.82, 2.24) is 4.98 Å². The zero-order chi connectivity index (χ0) is 13.8. The second-order valence-corrected chi connectivity index (χ2v) is 4.31. The lowest BCUT2D eigenvalue weighted by Gasteiger charge is -2.10. The predicted octanol–water partition coefficient (Wildman–Crippen LogP) is 2.61. The maximum absolute atomic E-state index is 13.1. The molecule has 1 heterocycles. The zero-order valence-electron chi connectivity index (χ0n) is 9.86. The molecule has 0 atom stereocenters. The van der Waals surface area contributed by atoms with Crippen molar-refractivity contribution in [2.75, 3.05) is 5.32 Å². The zero-order valence-corrected chi connectivity index (χ0v) is 10.7. The molecule has 3 N–H and O–H groups in total. The fourth-order valence-electron chi connectivity index (χ4n) is 1.58. The van der Waals surface area contributed by atoms with Gasteiger partial charge >= 0.3 is 0 Å². The van der Waals surface area contributed by atoms with E-state index < -0.39 is 11.6 Å². The first-order chi connectivity index (χ1) is 9.08. The molecule has 0 amide bonds. The van der Waals surface area contributed by atoms with Crippen LogP contribution in [-0.4, -0.2) is 9.97 Å². The molecule has 0 bridgehead atoms. The van der Waals surface area contributed by atoms with Crippen LogP contribution in [0.3, 0.4) is 0 Å². The molecule has 2 aromatic rings. The highest BCUT2D eigenvalue weighted by Gasteiger charge is 2.06. The summed E-state index contributed by atoms with van der Waals surface area (Å²) < 4.78 is 25.8. The number of nitrogens with two attached hydrogens (primary N) is 1. The highest BCUT2D eigenvalue weighted by molar-refractivity contribution is 7.80. The number of halogens is 2. The fourth-order valence-corrected chi connectivity index (χ4v) is 1.75. The van der Waals surface area contributed by atoms with Gasteiger partial charge in [0.1, 0.15) is 10.8 Å². The molecule has 0 saturated heterocycles. The van der Waals surface area contributed by atoms with Crippen molar-refractivity contribution in [3.05, 3.63) is 59.3 Å². The van der Waals surface area contributed by atoms with Crippen LogP contribution in [0.25, 0.3) is 0 Å². The number of benzene rings is 1. The van der Waals surface area contributed by atoms with Crippen molar-refractivity contribution in [1.29, 1.82) is 0 Å². The van der Waals surface area contributed by atoms with Crippen LogP contribution in [0.4, 0.5) is 14.6 Å². The third kappa shape index (κ3) is 3.23. The number of nitrogens with zero attached hydrogens (tertiary/aromatic N) is 1. The van der Waals surface area contributed by atoms with E-state index in [1.165, 1.54) is 6.07 Å². The first kappa shape index (κ1) is 13.4. The van der Waals surface area contributed by atoms with Gasteiger partial charge in [0.25, 0.3) is 0 Å². The van der Waals surface area contributed by atoms with E-state index in [4.69, 9.17) is 18.0 Å². The summed E-state index contributed by atoms with van der Waals surface area (Å²) in [4.78, 5) is 4.33. The molecule has 3 nitrogen and oxygen atoms in total. The van der Waals surface area contributed by atoms with Crippen LogP contribution in [-0.2, 0) is 6.54 Å². The normalized spacial score (nSPS) is 10.2. The molecule has 6 heteroatoms. The van der Waals surface area contributed by atoms with Crippen LogP contribution in [0.1, 0.15) is 11.1 Å². The topological polar surface area (TPSA) is 50.9 Å². The van der Waals surface area contributed by atoms with Crippen molar-refractivity contribution in [2.24, 2.45) is 5.73 Å². The number of hydrogen-bond acceptors (Lipinski definition) is 3. The Morgan fingerprint density at radius 2 is 2.05 bits per heavy atom. The lowest BCUT2D eigenvalue weighted by atomic mass is 10.2. The van der Waals surface area contributed by atoms with Gasteiger partial charge in [-0.1, -0.05) is 18.3 Å². The minimum Gasteiger partial charge on any atom is -0.389 e. The summed E-state index contributed by atoms with van der Waals surface area (Å²) in [5.74, 6) is -1.24. The largest absolute Gasteiger partial charge is 0.389 e. The van der Waals surface area contributed by atoms with Crippen molar-refractivity contribution >= 4 is 23.0 Å². The number of aromatic nitrogens is 1. The van der Waals surface area contributed by atoms with E-state index >= 15 is 0 Å². The third-order valence-corrected chi connectivity index (χ3v) is 2.74. The average Bonchev–Trinajstić information content (AvgIpc) is 2.40. The van der Waals surface area contributed by atoms with Crippen molar-refractivity contribution in [2.45, 2.75) is 6.54 Å². The fraction of sp³-hybridized carbons (Fsp3) is 0.0769. The van der Waals surface area contributed by atoms with Crippen LogP contribution in [0.5, 0.6) is 0 Å². The van der Waals surface area contributed by atoms with E-state index in [0.29, 0.717) is 23.5 Å². The molecular formula is C13H11F2N3S. The molecule has 0 radical (unpaired) electrons. The summed E-state index contributed by atoms with van der Waals surface area (Å²) in [7, 11) is 0. The highest BCUT2D eigenvalue weighted by Crippen LogP contribution is 2.14. The molecule has 0 aliphatic rings. The van der Waals surface area contributed by atoms with Gasteiger partial charge in [-0.2, -0.15) is 0 Å². The van der Waals surface area contributed by atoms with Gasteiger partial charge < -0.3 is 11.1 Å². The maximum atomic E-state index is 13.1. The van der Waals surface area contributed by atoms with E-state index in [9.17, 15) is 8.78 Å². The molecule has 0 spiro atoms. The lowest BCUT2D eigenvalue weighted by molar-refractivity contribution is 0.507. The molecule has 19 heavy (non-hydrogen) atoms. The van der Waals surface area contributed by atoms with Gasteiger partial charge in [0, 0.05) is 12.7 Å². The molecule has 2 rings (SSSR count). The first-order valence-electron chi connectivity index (χ1n) is 5.50. The molecule has 0 unspecified atom stereocenters. The molecule has 0 saturated carbocycles. The average molecular weight is 279 g/mol. The highest BCUT2D eigenvalue weighted by atomic mass is 32.1. The van der Waals surface area contributed by atoms with Crippen molar-refractivity contribution in [3.63, 3.8) is 0 Å². The number of thiocarbonyl (C=S) groups is 1. The Bertz CT molecular complexity index is 617. The van der Waals surface area contributed by atoms with E-state index in [2.05, 4.69) is 10.3 Å². The third-order valence-electron chi connectivity index (χ3n) is 2.52. The predicted molar refractivity (Wildman–Crippen MR) is 73.8 cm³/mol. The Morgan fingerprint density at radius 1 is 1.26 bits per heavy atom. The second kappa shape index (κ2) is 5.71. The van der Waals surface area contributed by atoms with E-state index in [1.54, 1.807) is 18.3 Å². The summed E-state index contributed by atoms with van der Waals surface area (Å²) in [6.45, 7) is 0.295. The van der Waals surface area contributed by atoms with Gasteiger partial charge in [-0.3, -0.25) is 0 Å². The molecule has 1 aromatic heterocycles. The minimum absolute atomic E-state index is 0.223. The number of rotatable bonds is 4. The molecule has 98 valence electrons. The van der Waals surface area contributed by atoms with Crippen molar-refractivity contribution < 1.29 is 8.78 Å². The van der Waals surface area contributed by atoms with Gasteiger partial charge in [0.05, 0.1) is 5.56 Å². The molecule has 0 aliphatic carbocycles. The smallest absolute Gasteiger partial charge is 0.159 e. The van der Waals surface area contributed by atoms with Gasteiger partial charge in [0.15, 0.2) is 11.6 Å². The number of nitrogens with one attached hydrogen (secondary N) is 1. The molecular weight excluding hydrogens is 268 g/mol. The van der Waals surface area contributed by atoms with Gasteiger partial charge in [0.2, 0.25) is 0 Å². The monoisotopic (exact) mass is 279 g/mol.